The van der Waals surface area contributed by atoms with Crippen LogP contribution in [0.5, 0.6) is 0 Å². The number of carbonyl (C=O) groups excluding carboxylic acids is 1. The molecule has 0 aliphatic rings. The lowest BCUT2D eigenvalue weighted by atomic mass is 10.3. The molecule has 11 heavy (non-hydrogen) atoms. The second-order valence-electron chi connectivity index (χ2n) is 2.71. The molecule has 2 nitrogen and oxygen atoms in total. The summed E-state index contributed by atoms with van der Waals surface area (Å²) in [6.45, 7) is 6.59. The average molecular weight is 176 g/mol. The van der Waals surface area contributed by atoms with Gasteiger partial charge in [-0.2, -0.15) is 0 Å². The van der Waals surface area contributed by atoms with Gasteiger partial charge in [0.15, 0.2) is 0 Å². The first-order chi connectivity index (χ1) is 5.16. The first-order valence-electron chi connectivity index (χ1n) is 3.90. The maximum Gasteiger partial charge on any atom is 0.315 e. The van der Waals surface area contributed by atoms with Crippen molar-refractivity contribution >= 4 is 17.7 Å². The van der Waals surface area contributed by atoms with Crippen LogP contribution >= 0.6 is 11.8 Å². The van der Waals surface area contributed by atoms with E-state index in [1.165, 1.54) is 0 Å². The molecule has 0 aromatic heterocycles. The van der Waals surface area contributed by atoms with E-state index in [2.05, 4.69) is 13.8 Å². The molecule has 0 unspecified atom stereocenters. The second kappa shape index (κ2) is 6.53. The van der Waals surface area contributed by atoms with E-state index < -0.39 is 0 Å². The maximum atomic E-state index is 10.8. The molecule has 0 saturated carbocycles. The van der Waals surface area contributed by atoms with Crippen molar-refractivity contribution in [2.75, 3.05) is 18.1 Å². The van der Waals surface area contributed by atoms with Crippen molar-refractivity contribution in [3.63, 3.8) is 0 Å². The van der Waals surface area contributed by atoms with Crippen molar-refractivity contribution in [2.24, 2.45) is 5.92 Å². The Labute approximate surface area is 72.7 Å². The molecule has 0 bridgehead atoms. The smallest absolute Gasteiger partial charge is 0.315 e. The van der Waals surface area contributed by atoms with Crippen LogP contribution in [0.3, 0.4) is 0 Å². The lowest BCUT2D eigenvalue weighted by Crippen LogP contribution is -2.07. The van der Waals surface area contributed by atoms with Crippen LogP contribution in [-0.2, 0) is 9.53 Å². The van der Waals surface area contributed by atoms with Gasteiger partial charge in [0.1, 0.15) is 0 Å². The fraction of sp³-hybridized carbons (Fsp3) is 0.875. The predicted molar refractivity (Wildman–Crippen MR) is 48.8 cm³/mol. The van der Waals surface area contributed by atoms with Crippen LogP contribution in [0.15, 0.2) is 0 Å². The van der Waals surface area contributed by atoms with Crippen molar-refractivity contribution in [1.82, 2.24) is 0 Å². The van der Waals surface area contributed by atoms with Crippen molar-refractivity contribution in [3.8, 4) is 0 Å². The van der Waals surface area contributed by atoms with E-state index in [-0.39, 0.29) is 5.97 Å². The summed E-state index contributed by atoms with van der Waals surface area (Å²) in [6, 6.07) is 0. The number of rotatable bonds is 5. The van der Waals surface area contributed by atoms with Gasteiger partial charge in [-0.25, -0.2) is 0 Å². The SMILES string of the molecule is CCOC(=O)CSCC(C)C. The molecular weight excluding hydrogens is 160 g/mol. The van der Waals surface area contributed by atoms with Gasteiger partial charge in [0.2, 0.25) is 0 Å². The molecule has 0 saturated heterocycles. The molecule has 0 rings (SSSR count). The van der Waals surface area contributed by atoms with Crippen molar-refractivity contribution in [2.45, 2.75) is 20.8 Å². The van der Waals surface area contributed by atoms with Crippen molar-refractivity contribution in [1.29, 1.82) is 0 Å². The van der Waals surface area contributed by atoms with Gasteiger partial charge in [-0.15, -0.1) is 11.8 Å². The minimum Gasteiger partial charge on any atom is -0.465 e. The highest BCUT2D eigenvalue weighted by Gasteiger charge is 2.01. The van der Waals surface area contributed by atoms with Gasteiger partial charge in [0, 0.05) is 0 Å². The van der Waals surface area contributed by atoms with Gasteiger partial charge in [0.05, 0.1) is 12.4 Å². The molecule has 0 aliphatic heterocycles. The summed E-state index contributed by atoms with van der Waals surface area (Å²) in [7, 11) is 0. The number of esters is 1. The van der Waals surface area contributed by atoms with Crippen LogP contribution in [0, 0.1) is 5.92 Å². The molecule has 0 aliphatic carbocycles. The van der Waals surface area contributed by atoms with E-state index >= 15 is 0 Å². The third-order valence-electron chi connectivity index (χ3n) is 0.976. The van der Waals surface area contributed by atoms with Gasteiger partial charge in [-0.05, 0) is 18.6 Å². The molecule has 0 fully saturated rings. The van der Waals surface area contributed by atoms with Crippen LogP contribution in [0.4, 0.5) is 0 Å². The normalized spacial score (nSPS) is 10.2. The van der Waals surface area contributed by atoms with Gasteiger partial charge < -0.3 is 4.74 Å². The molecule has 0 heterocycles. The molecule has 0 spiro atoms. The van der Waals surface area contributed by atoms with Crippen LogP contribution in [-0.4, -0.2) is 24.1 Å². The summed E-state index contributed by atoms with van der Waals surface area (Å²) in [5.74, 6) is 2.07. The number of ether oxygens (including phenoxy) is 1. The minimum atomic E-state index is -0.0989. The fourth-order valence-electron chi connectivity index (χ4n) is 0.581. The Balaban J connectivity index is 3.17. The molecule has 0 N–H and O–H groups in total. The Morgan fingerprint density at radius 1 is 1.55 bits per heavy atom. The standard InChI is InChI=1S/C8H16O2S/c1-4-10-8(9)6-11-5-7(2)3/h7H,4-6H2,1-3H3. The average Bonchev–Trinajstić information content (AvgIpc) is 1.87. The summed E-state index contributed by atoms with van der Waals surface area (Å²) in [5.41, 5.74) is 0. The quantitative estimate of drug-likeness (QED) is 0.599. The highest BCUT2D eigenvalue weighted by Crippen LogP contribution is 2.07. The topological polar surface area (TPSA) is 26.3 Å². The van der Waals surface area contributed by atoms with Gasteiger partial charge in [-0.1, -0.05) is 13.8 Å². The molecule has 0 aromatic rings. The van der Waals surface area contributed by atoms with Crippen molar-refractivity contribution in [3.05, 3.63) is 0 Å². The number of carbonyl (C=O) groups is 1. The fourth-order valence-corrected chi connectivity index (χ4v) is 1.42. The molecule has 0 amide bonds. The Kier molecular flexibility index (Phi) is 6.42. The summed E-state index contributed by atoms with van der Waals surface area (Å²) < 4.78 is 4.76. The second-order valence-corrected chi connectivity index (χ2v) is 3.74. The van der Waals surface area contributed by atoms with Crippen LogP contribution in [0.25, 0.3) is 0 Å². The monoisotopic (exact) mass is 176 g/mol. The number of thioether (sulfide) groups is 1. The summed E-state index contributed by atoms with van der Waals surface area (Å²) >= 11 is 1.63. The Morgan fingerprint density at radius 2 is 2.18 bits per heavy atom. The lowest BCUT2D eigenvalue weighted by molar-refractivity contribution is -0.139. The maximum absolute atomic E-state index is 10.8. The lowest BCUT2D eigenvalue weighted by Gasteiger charge is -2.03. The highest BCUT2D eigenvalue weighted by molar-refractivity contribution is 7.99. The molecule has 0 radical (unpaired) electrons. The number of hydrogen-bond donors (Lipinski definition) is 0. The third-order valence-corrected chi connectivity index (χ3v) is 2.32. The Hall–Kier alpha value is -0.180. The third kappa shape index (κ3) is 7.72. The van der Waals surface area contributed by atoms with Crippen LogP contribution in [0.1, 0.15) is 20.8 Å². The van der Waals surface area contributed by atoms with Crippen molar-refractivity contribution < 1.29 is 9.53 Å². The van der Waals surface area contributed by atoms with E-state index in [0.29, 0.717) is 18.3 Å². The molecule has 3 heteroatoms. The largest absolute Gasteiger partial charge is 0.465 e. The zero-order valence-corrected chi connectivity index (χ0v) is 8.24. The van der Waals surface area contributed by atoms with Crippen LogP contribution < -0.4 is 0 Å². The summed E-state index contributed by atoms with van der Waals surface area (Å²) in [5, 5.41) is 0. The molecule has 0 atom stereocenters. The molecule has 0 aromatic carbocycles. The van der Waals surface area contributed by atoms with Crippen LogP contribution in [0.2, 0.25) is 0 Å². The van der Waals surface area contributed by atoms with Gasteiger partial charge in [0.25, 0.3) is 0 Å². The van der Waals surface area contributed by atoms with Gasteiger partial charge >= 0.3 is 5.97 Å². The predicted octanol–water partition coefficient (Wildman–Crippen LogP) is 1.94. The summed E-state index contributed by atoms with van der Waals surface area (Å²) in [6.07, 6.45) is 0. The van der Waals surface area contributed by atoms with Gasteiger partial charge in [-0.3, -0.25) is 4.79 Å². The van der Waals surface area contributed by atoms with E-state index in [4.69, 9.17) is 4.74 Å². The summed E-state index contributed by atoms with van der Waals surface area (Å²) in [4.78, 5) is 10.8. The Morgan fingerprint density at radius 3 is 2.64 bits per heavy atom. The number of hydrogen-bond acceptors (Lipinski definition) is 3. The van der Waals surface area contributed by atoms with E-state index in [0.717, 1.165) is 5.75 Å². The van der Waals surface area contributed by atoms with E-state index in [9.17, 15) is 4.79 Å². The zero-order chi connectivity index (χ0) is 8.69. The van der Waals surface area contributed by atoms with E-state index in [1.807, 2.05) is 6.92 Å². The highest BCUT2D eigenvalue weighted by atomic mass is 32.2. The minimum absolute atomic E-state index is 0.0989. The zero-order valence-electron chi connectivity index (χ0n) is 7.42. The Bertz CT molecular complexity index is 113. The first kappa shape index (κ1) is 10.8. The van der Waals surface area contributed by atoms with E-state index in [1.54, 1.807) is 11.8 Å². The molecular formula is C8H16O2S. The molecule has 66 valence electrons. The first-order valence-corrected chi connectivity index (χ1v) is 5.05.